The van der Waals surface area contributed by atoms with E-state index in [1.165, 1.54) is 0 Å². The molecule has 0 bridgehead atoms. The van der Waals surface area contributed by atoms with Crippen molar-refractivity contribution in [2.45, 2.75) is 32.9 Å². The molecule has 1 unspecified atom stereocenters. The number of aryl methyl sites for hydroxylation is 2. The highest BCUT2D eigenvalue weighted by atomic mass is 35.5. The highest BCUT2D eigenvalue weighted by Crippen LogP contribution is 2.33. The summed E-state index contributed by atoms with van der Waals surface area (Å²) < 4.78 is 16.6. The van der Waals surface area contributed by atoms with E-state index in [1.54, 1.807) is 25.3 Å². The predicted octanol–water partition coefficient (Wildman–Crippen LogP) is 4.54. The topological polar surface area (TPSA) is 76.8 Å². The van der Waals surface area contributed by atoms with Gasteiger partial charge in [0.25, 0.3) is 5.91 Å². The van der Waals surface area contributed by atoms with Gasteiger partial charge in [-0.25, -0.2) is 0 Å². The van der Waals surface area contributed by atoms with Gasteiger partial charge in [-0.15, -0.1) is 0 Å². The number of para-hydroxylation sites is 1. The van der Waals surface area contributed by atoms with Crippen LogP contribution < -0.4 is 19.7 Å². The minimum atomic E-state index is -0.163. The summed E-state index contributed by atoms with van der Waals surface area (Å²) >= 11 is 6.18. The number of anilines is 1. The third-order valence-electron chi connectivity index (χ3n) is 5.69. The highest BCUT2D eigenvalue weighted by Gasteiger charge is 2.27. The lowest BCUT2D eigenvalue weighted by Crippen LogP contribution is -2.37. The quantitative estimate of drug-likeness (QED) is 0.563. The molecule has 8 heteroatoms. The molecule has 1 amide bonds. The summed E-state index contributed by atoms with van der Waals surface area (Å²) in [6, 6.07) is 12.8. The van der Waals surface area contributed by atoms with Crippen LogP contribution in [0.1, 0.15) is 33.8 Å². The van der Waals surface area contributed by atoms with Gasteiger partial charge < -0.3 is 24.2 Å². The van der Waals surface area contributed by atoms with Crippen LogP contribution in [0, 0.1) is 13.8 Å². The number of methoxy groups -OCH3 is 1. The number of hydrogen-bond donors (Lipinski definition) is 1. The van der Waals surface area contributed by atoms with E-state index in [1.807, 2.05) is 38.1 Å². The third-order valence-corrected chi connectivity index (χ3v) is 5.93. The van der Waals surface area contributed by atoms with Crippen LogP contribution in [0.5, 0.6) is 11.5 Å². The average Bonchev–Trinajstić information content (AvgIpc) is 3.38. The fourth-order valence-corrected chi connectivity index (χ4v) is 4.07. The smallest absolute Gasteiger partial charge is 0.255 e. The molecule has 4 rings (SSSR count). The number of nitrogens with one attached hydrogen (secondary N) is 1. The number of benzene rings is 2. The second kappa shape index (κ2) is 9.53. The van der Waals surface area contributed by atoms with Crippen LogP contribution in [0.15, 0.2) is 47.0 Å². The average molecular weight is 456 g/mol. The summed E-state index contributed by atoms with van der Waals surface area (Å²) in [5.41, 5.74) is 3.10. The number of halogens is 1. The van der Waals surface area contributed by atoms with E-state index < -0.39 is 0 Å². The minimum Gasteiger partial charge on any atom is -0.495 e. The number of nitrogens with zero attached hydrogens (tertiary/aromatic N) is 2. The number of aromatic nitrogens is 1. The zero-order valence-electron chi connectivity index (χ0n) is 18.4. The Kier molecular flexibility index (Phi) is 6.55. The standard InChI is InChI=1S/C24H26ClN3O4/c1-15-20(16(2)32-27-15)14-31-22-7-5-4-6-19(22)24(29)26-18-10-11-28(13-18)21-12-17(25)8-9-23(21)30-3/h4-9,12,18H,10-11,13-14H2,1-3H3,(H,26,29). The first-order valence-corrected chi connectivity index (χ1v) is 10.9. The van der Waals surface area contributed by atoms with Crippen LogP contribution in [-0.4, -0.2) is 37.3 Å². The van der Waals surface area contributed by atoms with Crippen molar-refractivity contribution in [3.63, 3.8) is 0 Å². The Bertz CT molecular complexity index is 1090. The van der Waals surface area contributed by atoms with Crippen molar-refractivity contribution in [3.05, 3.63) is 70.1 Å². The summed E-state index contributed by atoms with van der Waals surface area (Å²) in [4.78, 5) is 15.2. The molecule has 2 heterocycles. The van der Waals surface area contributed by atoms with Crippen LogP contribution in [0.4, 0.5) is 5.69 Å². The van der Waals surface area contributed by atoms with E-state index in [-0.39, 0.29) is 18.6 Å². The molecule has 0 radical (unpaired) electrons. The van der Waals surface area contributed by atoms with Gasteiger partial charge in [0.05, 0.1) is 29.6 Å². The van der Waals surface area contributed by atoms with Gasteiger partial charge in [-0.3, -0.25) is 4.79 Å². The summed E-state index contributed by atoms with van der Waals surface area (Å²) in [5.74, 6) is 1.84. The van der Waals surface area contributed by atoms with Gasteiger partial charge in [-0.1, -0.05) is 28.9 Å². The largest absolute Gasteiger partial charge is 0.495 e. The summed E-state index contributed by atoms with van der Waals surface area (Å²) in [5, 5.41) is 7.74. The summed E-state index contributed by atoms with van der Waals surface area (Å²) in [6.45, 7) is 5.47. The molecule has 2 aromatic carbocycles. The lowest BCUT2D eigenvalue weighted by atomic mass is 10.1. The molecule has 3 aromatic rings. The number of hydrogen-bond acceptors (Lipinski definition) is 6. The predicted molar refractivity (Wildman–Crippen MR) is 123 cm³/mol. The molecule has 1 saturated heterocycles. The summed E-state index contributed by atoms with van der Waals surface area (Å²) in [6.07, 6.45) is 0.823. The van der Waals surface area contributed by atoms with Crippen LogP contribution >= 0.6 is 11.6 Å². The normalized spacial score (nSPS) is 15.6. The van der Waals surface area contributed by atoms with Crippen molar-refractivity contribution in [3.8, 4) is 11.5 Å². The molecular weight excluding hydrogens is 430 g/mol. The van der Waals surface area contributed by atoms with Gasteiger partial charge in [-0.05, 0) is 50.6 Å². The van der Waals surface area contributed by atoms with E-state index in [0.29, 0.717) is 28.6 Å². The fraction of sp³-hybridized carbons (Fsp3) is 0.333. The van der Waals surface area contributed by atoms with Gasteiger partial charge in [0.2, 0.25) is 0 Å². The van der Waals surface area contributed by atoms with Crippen molar-refractivity contribution >= 4 is 23.2 Å². The van der Waals surface area contributed by atoms with Crippen LogP contribution in [-0.2, 0) is 6.61 Å². The molecule has 1 N–H and O–H groups in total. The Hall–Kier alpha value is -3.19. The Labute approximate surface area is 192 Å². The molecule has 1 atom stereocenters. The molecule has 0 saturated carbocycles. The number of carbonyl (C=O) groups excluding carboxylic acids is 1. The Balaban J connectivity index is 1.42. The van der Waals surface area contributed by atoms with Gasteiger partial charge in [0, 0.05) is 24.2 Å². The molecule has 1 fully saturated rings. The molecule has 168 valence electrons. The van der Waals surface area contributed by atoms with Gasteiger partial charge in [-0.2, -0.15) is 0 Å². The molecule has 1 aliphatic rings. The second-order valence-electron chi connectivity index (χ2n) is 7.81. The molecule has 0 spiro atoms. The van der Waals surface area contributed by atoms with Crippen molar-refractivity contribution in [2.24, 2.45) is 0 Å². The first kappa shape index (κ1) is 22.0. The van der Waals surface area contributed by atoms with Crippen LogP contribution in [0.25, 0.3) is 0 Å². The maximum Gasteiger partial charge on any atom is 0.255 e. The third kappa shape index (κ3) is 4.67. The number of rotatable bonds is 7. The monoisotopic (exact) mass is 455 g/mol. The first-order valence-electron chi connectivity index (χ1n) is 10.5. The maximum absolute atomic E-state index is 13.1. The van der Waals surface area contributed by atoms with Crippen molar-refractivity contribution in [1.29, 1.82) is 0 Å². The van der Waals surface area contributed by atoms with Gasteiger partial charge >= 0.3 is 0 Å². The molecule has 32 heavy (non-hydrogen) atoms. The Morgan fingerprint density at radius 2 is 2.06 bits per heavy atom. The van der Waals surface area contributed by atoms with Crippen molar-refractivity contribution in [2.75, 3.05) is 25.1 Å². The van der Waals surface area contributed by atoms with Crippen molar-refractivity contribution < 1.29 is 18.8 Å². The maximum atomic E-state index is 13.1. The fourth-order valence-electron chi connectivity index (χ4n) is 3.91. The molecule has 1 aromatic heterocycles. The first-order chi connectivity index (χ1) is 15.5. The Morgan fingerprint density at radius 1 is 1.25 bits per heavy atom. The highest BCUT2D eigenvalue weighted by molar-refractivity contribution is 6.30. The van der Waals surface area contributed by atoms with Gasteiger partial charge in [0.15, 0.2) is 0 Å². The van der Waals surface area contributed by atoms with E-state index >= 15 is 0 Å². The van der Waals surface area contributed by atoms with E-state index in [2.05, 4.69) is 15.4 Å². The molecule has 1 aliphatic heterocycles. The van der Waals surface area contributed by atoms with Gasteiger partial charge in [0.1, 0.15) is 23.9 Å². The summed E-state index contributed by atoms with van der Waals surface area (Å²) in [7, 11) is 1.64. The lowest BCUT2D eigenvalue weighted by molar-refractivity contribution is 0.0936. The zero-order valence-corrected chi connectivity index (χ0v) is 19.1. The minimum absolute atomic E-state index is 0.00167. The second-order valence-corrected chi connectivity index (χ2v) is 8.25. The van der Waals surface area contributed by atoms with E-state index in [9.17, 15) is 4.79 Å². The zero-order chi connectivity index (χ0) is 22.7. The van der Waals surface area contributed by atoms with E-state index in [4.69, 9.17) is 25.6 Å². The van der Waals surface area contributed by atoms with E-state index in [0.717, 1.165) is 35.7 Å². The SMILES string of the molecule is COc1ccc(Cl)cc1N1CCC(NC(=O)c2ccccc2OCc2c(C)noc2C)C1. The molecular formula is C24H26ClN3O4. The number of ether oxygens (including phenoxy) is 2. The molecule has 7 nitrogen and oxygen atoms in total. The lowest BCUT2D eigenvalue weighted by Gasteiger charge is -2.22. The Morgan fingerprint density at radius 3 is 2.81 bits per heavy atom. The van der Waals surface area contributed by atoms with Crippen molar-refractivity contribution in [1.82, 2.24) is 10.5 Å². The molecule has 0 aliphatic carbocycles. The number of amides is 1. The number of carbonyl (C=O) groups is 1. The van der Waals surface area contributed by atoms with Crippen LogP contribution in [0.3, 0.4) is 0 Å². The van der Waals surface area contributed by atoms with Crippen LogP contribution in [0.2, 0.25) is 5.02 Å².